The van der Waals surface area contributed by atoms with Crippen molar-refractivity contribution in [3.05, 3.63) is 27.3 Å². The summed E-state index contributed by atoms with van der Waals surface area (Å²) in [4.78, 5) is 22.7. The number of hydrogen-bond donors (Lipinski definition) is 3. The highest BCUT2D eigenvalue weighted by Crippen LogP contribution is 2.21. The number of carbonyl (C=O) groups excluding carboxylic acids is 1. The molecule has 1 heterocycles. The second-order valence-corrected chi connectivity index (χ2v) is 5.78. The van der Waals surface area contributed by atoms with Crippen molar-refractivity contribution >= 4 is 34.5 Å². The van der Waals surface area contributed by atoms with Crippen LogP contribution in [0.2, 0.25) is 0 Å². The van der Waals surface area contributed by atoms with Gasteiger partial charge >= 0.3 is 5.97 Å². The number of phenols is 1. The molecule has 1 aromatic rings. The molecule has 1 aromatic carbocycles. The summed E-state index contributed by atoms with van der Waals surface area (Å²) in [5, 5.41) is 21.1. The maximum absolute atomic E-state index is 11.9. The molecular weight excluding hydrogens is 377 g/mol. The number of halogens is 1. The average Bonchev–Trinajstić information content (AvgIpc) is 2.88. The van der Waals surface area contributed by atoms with E-state index in [0.29, 0.717) is 12.8 Å². The predicted octanol–water partition coefficient (Wildman–Crippen LogP) is 1.36. The summed E-state index contributed by atoms with van der Waals surface area (Å²) in [6.07, 6.45) is -0.0483. The second-order valence-electron chi connectivity index (χ2n) is 4.53. The fraction of sp³-hybridized carbons (Fsp3) is 0.385. The van der Waals surface area contributed by atoms with E-state index in [1.165, 1.54) is 6.07 Å². The highest BCUT2D eigenvalue weighted by molar-refractivity contribution is 14.1. The quantitative estimate of drug-likeness (QED) is 0.674. The Morgan fingerprint density at radius 2 is 2.15 bits per heavy atom. The standard InChI is InChI=1S/C13H14INO5/c14-7-1-3-10(16)9(5-7)12(17)15-6-8-2-4-11(20-8)13(18)19/h1,3,5,8,11,16H,2,4,6H2,(H,15,17)(H,18,19). The summed E-state index contributed by atoms with van der Waals surface area (Å²) < 4.78 is 6.13. The third kappa shape index (κ3) is 3.60. The van der Waals surface area contributed by atoms with Crippen LogP contribution in [0.4, 0.5) is 0 Å². The lowest BCUT2D eigenvalue weighted by Gasteiger charge is -2.13. The topological polar surface area (TPSA) is 95.9 Å². The molecule has 2 unspecified atom stereocenters. The van der Waals surface area contributed by atoms with E-state index in [2.05, 4.69) is 27.9 Å². The van der Waals surface area contributed by atoms with Gasteiger partial charge in [-0.25, -0.2) is 4.79 Å². The van der Waals surface area contributed by atoms with Crippen molar-refractivity contribution in [2.45, 2.75) is 25.0 Å². The van der Waals surface area contributed by atoms with Crippen LogP contribution in [0.3, 0.4) is 0 Å². The third-order valence-electron chi connectivity index (χ3n) is 3.08. The van der Waals surface area contributed by atoms with Crippen LogP contribution >= 0.6 is 22.6 Å². The lowest BCUT2D eigenvalue weighted by atomic mass is 10.1. The van der Waals surface area contributed by atoms with Crippen LogP contribution in [0.25, 0.3) is 0 Å². The minimum Gasteiger partial charge on any atom is -0.507 e. The van der Waals surface area contributed by atoms with E-state index in [0.717, 1.165) is 3.57 Å². The first-order valence-corrected chi connectivity index (χ1v) is 7.20. The molecule has 1 fully saturated rings. The van der Waals surface area contributed by atoms with Gasteiger partial charge in [0.05, 0.1) is 11.7 Å². The molecule has 7 heteroatoms. The molecule has 0 bridgehead atoms. The number of rotatable bonds is 4. The van der Waals surface area contributed by atoms with E-state index in [9.17, 15) is 14.7 Å². The van der Waals surface area contributed by atoms with Crippen molar-refractivity contribution in [2.24, 2.45) is 0 Å². The lowest BCUT2D eigenvalue weighted by molar-refractivity contribution is -0.149. The van der Waals surface area contributed by atoms with Crippen molar-refractivity contribution in [1.82, 2.24) is 5.32 Å². The average molecular weight is 391 g/mol. The van der Waals surface area contributed by atoms with E-state index in [1.54, 1.807) is 12.1 Å². The summed E-state index contributed by atoms with van der Waals surface area (Å²) in [7, 11) is 0. The van der Waals surface area contributed by atoms with Gasteiger partial charge in [0.1, 0.15) is 5.75 Å². The number of aromatic hydroxyl groups is 1. The first-order valence-electron chi connectivity index (χ1n) is 6.12. The van der Waals surface area contributed by atoms with Crippen molar-refractivity contribution in [3.8, 4) is 5.75 Å². The molecule has 1 saturated heterocycles. The summed E-state index contributed by atoms with van der Waals surface area (Å²) >= 11 is 2.05. The minimum atomic E-state index is -0.978. The number of phenolic OH excluding ortho intramolecular Hbond substituents is 1. The van der Waals surface area contributed by atoms with Crippen molar-refractivity contribution < 1.29 is 24.5 Å². The molecule has 6 nitrogen and oxygen atoms in total. The minimum absolute atomic E-state index is 0.0846. The normalized spacial score (nSPS) is 21.6. The smallest absolute Gasteiger partial charge is 0.332 e. The molecule has 20 heavy (non-hydrogen) atoms. The van der Waals surface area contributed by atoms with Gasteiger partial charge in [0, 0.05) is 10.1 Å². The Hall–Kier alpha value is -1.35. The molecule has 0 aromatic heterocycles. The molecule has 1 amide bonds. The first-order chi connectivity index (χ1) is 9.47. The van der Waals surface area contributed by atoms with Crippen LogP contribution in [0.5, 0.6) is 5.75 Å². The molecule has 2 rings (SSSR count). The Bertz CT molecular complexity index is 533. The van der Waals surface area contributed by atoms with Gasteiger partial charge in [-0.05, 0) is 53.6 Å². The molecule has 0 aliphatic carbocycles. The molecule has 3 N–H and O–H groups in total. The maximum Gasteiger partial charge on any atom is 0.332 e. The van der Waals surface area contributed by atoms with Crippen LogP contribution in [-0.2, 0) is 9.53 Å². The van der Waals surface area contributed by atoms with Gasteiger partial charge in [-0.3, -0.25) is 4.79 Å². The van der Waals surface area contributed by atoms with Crippen LogP contribution < -0.4 is 5.32 Å². The summed E-state index contributed by atoms with van der Waals surface area (Å²) in [5.74, 6) is -1.46. The van der Waals surface area contributed by atoms with Crippen molar-refractivity contribution in [1.29, 1.82) is 0 Å². The molecule has 0 spiro atoms. The summed E-state index contributed by atoms with van der Waals surface area (Å²) in [5.41, 5.74) is 0.199. The zero-order valence-electron chi connectivity index (χ0n) is 10.5. The highest BCUT2D eigenvalue weighted by atomic mass is 127. The van der Waals surface area contributed by atoms with Crippen molar-refractivity contribution in [2.75, 3.05) is 6.54 Å². The Kier molecular flexibility index (Phi) is 4.81. The molecule has 2 atom stereocenters. The molecule has 1 aliphatic heterocycles. The van der Waals surface area contributed by atoms with Crippen LogP contribution in [0.15, 0.2) is 18.2 Å². The van der Waals surface area contributed by atoms with Crippen LogP contribution in [-0.4, -0.2) is 40.8 Å². The zero-order valence-corrected chi connectivity index (χ0v) is 12.7. The number of benzene rings is 1. The number of carboxylic acid groups (broad SMARTS) is 1. The largest absolute Gasteiger partial charge is 0.507 e. The molecule has 0 saturated carbocycles. The Morgan fingerprint density at radius 1 is 1.40 bits per heavy atom. The van der Waals surface area contributed by atoms with Gasteiger partial charge in [-0.2, -0.15) is 0 Å². The van der Waals surface area contributed by atoms with Gasteiger partial charge in [0.25, 0.3) is 5.91 Å². The third-order valence-corrected chi connectivity index (χ3v) is 3.75. The van der Waals surface area contributed by atoms with Gasteiger partial charge in [0.2, 0.25) is 0 Å². The number of aliphatic carboxylic acids is 1. The Balaban J connectivity index is 1.90. The molecule has 1 aliphatic rings. The number of hydrogen-bond acceptors (Lipinski definition) is 4. The number of nitrogens with one attached hydrogen (secondary N) is 1. The fourth-order valence-corrected chi connectivity index (χ4v) is 2.52. The van der Waals surface area contributed by atoms with E-state index in [4.69, 9.17) is 9.84 Å². The maximum atomic E-state index is 11.9. The van der Waals surface area contributed by atoms with Gasteiger partial charge in [-0.15, -0.1) is 0 Å². The Morgan fingerprint density at radius 3 is 2.80 bits per heavy atom. The van der Waals surface area contributed by atoms with Crippen LogP contribution in [0.1, 0.15) is 23.2 Å². The van der Waals surface area contributed by atoms with Gasteiger partial charge in [0.15, 0.2) is 6.10 Å². The first kappa shape index (κ1) is 15.0. The summed E-state index contributed by atoms with van der Waals surface area (Å²) in [6, 6.07) is 4.74. The Labute approximate surface area is 129 Å². The van der Waals surface area contributed by atoms with E-state index in [-0.39, 0.29) is 24.0 Å². The van der Waals surface area contributed by atoms with E-state index in [1.807, 2.05) is 0 Å². The summed E-state index contributed by atoms with van der Waals surface area (Å²) in [6.45, 7) is 0.230. The number of amides is 1. The second kappa shape index (κ2) is 6.40. The van der Waals surface area contributed by atoms with Gasteiger partial charge in [-0.1, -0.05) is 0 Å². The van der Waals surface area contributed by atoms with E-state index < -0.39 is 18.0 Å². The van der Waals surface area contributed by atoms with E-state index >= 15 is 0 Å². The molecule has 108 valence electrons. The van der Waals surface area contributed by atoms with Gasteiger partial charge < -0.3 is 20.3 Å². The number of ether oxygens (including phenoxy) is 1. The molecular formula is C13H14INO5. The number of carboxylic acids is 1. The fourth-order valence-electron chi connectivity index (χ4n) is 2.03. The zero-order chi connectivity index (χ0) is 14.7. The highest BCUT2D eigenvalue weighted by Gasteiger charge is 2.30. The van der Waals surface area contributed by atoms with Crippen LogP contribution in [0, 0.1) is 3.57 Å². The van der Waals surface area contributed by atoms with Crippen molar-refractivity contribution in [3.63, 3.8) is 0 Å². The monoisotopic (exact) mass is 391 g/mol. The predicted molar refractivity (Wildman–Crippen MR) is 78.7 cm³/mol. The lowest BCUT2D eigenvalue weighted by Crippen LogP contribution is -2.33. The number of carbonyl (C=O) groups is 2. The SMILES string of the molecule is O=C(NCC1CCC(C(=O)O)O1)c1cc(I)ccc1O. The molecule has 0 radical (unpaired) electrons.